The number of hydrogen-bond donors (Lipinski definition) is 0. The van der Waals surface area contributed by atoms with E-state index >= 15 is 0 Å². The molecule has 0 radical (unpaired) electrons. The third-order valence-corrected chi connectivity index (χ3v) is 3.48. The van der Waals surface area contributed by atoms with Crippen LogP contribution in [0.25, 0.3) is 11.6 Å². The lowest BCUT2D eigenvalue weighted by molar-refractivity contribution is 0.255. The van der Waals surface area contributed by atoms with Crippen LogP contribution in [-0.4, -0.2) is 24.5 Å². The SMILES string of the molecule is C1=C(CN2CCCCC2)c2ccccc21. The number of benzene rings is 1. The lowest BCUT2D eigenvalue weighted by Crippen LogP contribution is -2.32. The molecule has 1 fully saturated rings. The lowest BCUT2D eigenvalue weighted by atomic mass is 9.88. The van der Waals surface area contributed by atoms with Crippen LogP contribution in [0, 0.1) is 0 Å². The molecule has 1 nitrogen and oxygen atoms in total. The Morgan fingerprint density at radius 3 is 2.60 bits per heavy atom. The normalized spacial score (nSPS) is 20.4. The molecule has 3 rings (SSSR count). The van der Waals surface area contributed by atoms with Crippen LogP contribution in [0.4, 0.5) is 0 Å². The standard InChI is InChI=1S/C14H17N/c1-4-8-15(9-5-1)11-13-10-12-6-2-3-7-14(12)13/h2-3,6-7,10H,1,4-5,8-9,11H2. The van der Waals surface area contributed by atoms with Crippen molar-refractivity contribution >= 4 is 11.6 Å². The van der Waals surface area contributed by atoms with E-state index in [1.807, 2.05) is 0 Å². The summed E-state index contributed by atoms with van der Waals surface area (Å²) in [7, 11) is 0. The van der Waals surface area contributed by atoms with E-state index in [0.717, 1.165) is 6.54 Å². The first-order valence-corrected chi connectivity index (χ1v) is 5.96. The Morgan fingerprint density at radius 2 is 1.80 bits per heavy atom. The van der Waals surface area contributed by atoms with Crippen molar-refractivity contribution in [1.82, 2.24) is 4.90 Å². The van der Waals surface area contributed by atoms with Gasteiger partial charge in [0.15, 0.2) is 0 Å². The Balaban J connectivity index is 1.66. The van der Waals surface area contributed by atoms with Gasteiger partial charge in [0.25, 0.3) is 0 Å². The topological polar surface area (TPSA) is 3.24 Å². The van der Waals surface area contributed by atoms with E-state index in [1.54, 1.807) is 0 Å². The molecule has 0 aromatic heterocycles. The molecule has 0 atom stereocenters. The van der Waals surface area contributed by atoms with Gasteiger partial charge in [-0.3, -0.25) is 4.90 Å². The first kappa shape index (κ1) is 9.17. The summed E-state index contributed by atoms with van der Waals surface area (Å²) in [6.45, 7) is 3.75. The van der Waals surface area contributed by atoms with Crippen molar-refractivity contribution in [2.75, 3.05) is 19.6 Å². The Labute approximate surface area is 91.4 Å². The van der Waals surface area contributed by atoms with Gasteiger partial charge in [0.1, 0.15) is 0 Å². The molecule has 0 unspecified atom stereocenters. The summed E-state index contributed by atoms with van der Waals surface area (Å²) >= 11 is 0. The minimum Gasteiger partial charge on any atom is -0.299 e. The van der Waals surface area contributed by atoms with Gasteiger partial charge in [0.05, 0.1) is 0 Å². The second-order valence-corrected chi connectivity index (χ2v) is 4.59. The molecule has 2 aliphatic rings. The molecular formula is C14H17N. The van der Waals surface area contributed by atoms with Crippen LogP contribution < -0.4 is 0 Å². The maximum atomic E-state index is 2.59. The van der Waals surface area contributed by atoms with Crippen LogP contribution >= 0.6 is 0 Å². The van der Waals surface area contributed by atoms with Gasteiger partial charge >= 0.3 is 0 Å². The fourth-order valence-corrected chi connectivity index (χ4v) is 2.59. The molecule has 0 spiro atoms. The molecule has 1 aliphatic carbocycles. The summed E-state index contributed by atoms with van der Waals surface area (Å²) in [5, 5.41) is 0. The number of hydrogen-bond acceptors (Lipinski definition) is 1. The van der Waals surface area contributed by atoms with E-state index in [0.29, 0.717) is 0 Å². The van der Waals surface area contributed by atoms with Crippen molar-refractivity contribution in [2.45, 2.75) is 19.3 Å². The first-order valence-electron chi connectivity index (χ1n) is 5.96. The summed E-state index contributed by atoms with van der Waals surface area (Å²) in [4.78, 5) is 2.59. The van der Waals surface area contributed by atoms with Gasteiger partial charge in [-0.15, -0.1) is 0 Å². The highest BCUT2D eigenvalue weighted by Crippen LogP contribution is 2.32. The molecule has 0 bridgehead atoms. The molecule has 0 amide bonds. The first-order chi connectivity index (χ1) is 7.43. The summed E-state index contributed by atoms with van der Waals surface area (Å²) in [5.74, 6) is 0. The van der Waals surface area contributed by atoms with Crippen molar-refractivity contribution in [1.29, 1.82) is 0 Å². The van der Waals surface area contributed by atoms with E-state index in [4.69, 9.17) is 0 Å². The van der Waals surface area contributed by atoms with Gasteiger partial charge in [-0.1, -0.05) is 30.7 Å². The van der Waals surface area contributed by atoms with E-state index in [1.165, 1.54) is 49.1 Å². The second kappa shape index (κ2) is 3.82. The highest BCUT2D eigenvalue weighted by Gasteiger charge is 2.18. The molecule has 1 aliphatic heterocycles. The van der Waals surface area contributed by atoms with E-state index in [9.17, 15) is 0 Å². The fraction of sp³-hybridized carbons (Fsp3) is 0.429. The van der Waals surface area contributed by atoms with Gasteiger partial charge < -0.3 is 0 Å². The summed E-state index contributed by atoms with van der Waals surface area (Å²) in [6.07, 6.45) is 6.53. The Bertz CT molecular complexity index is 386. The predicted octanol–water partition coefficient (Wildman–Crippen LogP) is 3.03. The Kier molecular flexibility index (Phi) is 2.34. The molecule has 0 saturated carbocycles. The molecule has 1 aromatic rings. The predicted molar refractivity (Wildman–Crippen MR) is 64.6 cm³/mol. The molecule has 1 heteroatoms. The maximum absolute atomic E-state index is 2.59. The summed E-state index contributed by atoms with van der Waals surface area (Å²) in [5.41, 5.74) is 4.43. The third kappa shape index (κ3) is 1.72. The molecule has 15 heavy (non-hydrogen) atoms. The van der Waals surface area contributed by atoms with Gasteiger partial charge in [-0.2, -0.15) is 0 Å². The van der Waals surface area contributed by atoms with Gasteiger partial charge in [0, 0.05) is 6.54 Å². The lowest BCUT2D eigenvalue weighted by Gasteiger charge is -2.30. The summed E-state index contributed by atoms with van der Waals surface area (Å²) < 4.78 is 0. The van der Waals surface area contributed by atoms with Crippen molar-refractivity contribution in [3.63, 3.8) is 0 Å². The highest BCUT2D eigenvalue weighted by atomic mass is 15.1. The zero-order valence-electron chi connectivity index (χ0n) is 9.08. The Hall–Kier alpha value is -1.08. The van der Waals surface area contributed by atoms with Crippen molar-refractivity contribution < 1.29 is 0 Å². The van der Waals surface area contributed by atoms with Crippen LogP contribution in [0.2, 0.25) is 0 Å². The molecule has 0 N–H and O–H groups in total. The maximum Gasteiger partial charge on any atom is 0.0240 e. The van der Waals surface area contributed by atoms with Crippen molar-refractivity contribution in [2.24, 2.45) is 0 Å². The van der Waals surface area contributed by atoms with Crippen molar-refractivity contribution in [3.8, 4) is 0 Å². The number of likely N-dealkylation sites (tertiary alicyclic amines) is 1. The van der Waals surface area contributed by atoms with Crippen LogP contribution in [0.15, 0.2) is 24.3 Å². The van der Waals surface area contributed by atoms with E-state index in [2.05, 4.69) is 35.2 Å². The Morgan fingerprint density at radius 1 is 1.00 bits per heavy atom. The van der Waals surface area contributed by atoms with E-state index < -0.39 is 0 Å². The highest BCUT2D eigenvalue weighted by molar-refractivity contribution is 5.96. The van der Waals surface area contributed by atoms with E-state index in [-0.39, 0.29) is 0 Å². The number of rotatable bonds is 2. The fourth-order valence-electron chi connectivity index (χ4n) is 2.59. The van der Waals surface area contributed by atoms with Gasteiger partial charge in [-0.25, -0.2) is 0 Å². The number of nitrogens with zero attached hydrogens (tertiary/aromatic N) is 1. The van der Waals surface area contributed by atoms with Gasteiger partial charge in [0.2, 0.25) is 0 Å². The minimum atomic E-state index is 1.16. The van der Waals surface area contributed by atoms with Crippen LogP contribution in [-0.2, 0) is 0 Å². The quantitative estimate of drug-likeness (QED) is 0.707. The number of fused-ring (bicyclic) bond motifs is 1. The summed E-state index contributed by atoms with van der Waals surface area (Å²) in [6, 6.07) is 8.71. The molecular weight excluding hydrogens is 182 g/mol. The monoisotopic (exact) mass is 199 g/mol. The van der Waals surface area contributed by atoms with Crippen LogP contribution in [0.1, 0.15) is 30.4 Å². The molecule has 1 saturated heterocycles. The van der Waals surface area contributed by atoms with Crippen LogP contribution in [0.3, 0.4) is 0 Å². The third-order valence-electron chi connectivity index (χ3n) is 3.48. The molecule has 1 heterocycles. The smallest absolute Gasteiger partial charge is 0.0240 e. The zero-order chi connectivity index (χ0) is 10.1. The minimum absolute atomic E-state index is 1.16. The largest absolute Gasteiger partial charge is 0.299 e. The zero-order valence-corrected chi connectivity index (χ0v) is 9.08. The second-order valence-electron chi connectivity index (χ2n) is 4.59. The molecule has 1 aromatic carbocycles. The molecule has 78 valence electrons. The average Bonchev–Trinajstić information content (AvgIpc) is 2.27. The van der Waals surface area contributed by atoms with Crippen LogP contribution in [0.5, 0.6) is 0 Å². The van der Waals surface area contributed by atoms with Crippen molar-refractivity contribution in [3.05, 3.63) is 35.4 Å². The number of piperidine rings is 1. The van der Waals surface area contributed by atoms with Gasteiger partial charge in [-0.05, 0) is 48.7 Å². The average molecular weight is 199 g/mol.